The van der Waals surface area contributed by atoms with Gasteiger partial charge in [0, 0.05) is 20.4 Å². The Bertz CT molecular complexity index is 180. The molecule has 0 spiro atoms. The van der Waals surface area contributed by atoms with E-state index in [4.69, 9.17) is 28.1 Å². The van der Waals surface area contributed by atoms with Crippen molar-refractivity contribution in [3.63, 3.8) is 0 Å². The van der Waals surface area contributed by atoms with Crippen molar-refractivity contribution in [2.24, 2.45) is 0 Å². The number of alkyl halides is 3. The Labute approximate surface area is 108 Å². The average Bonchev–Trinajstić information content (AvgIpc) is 2.40. The Hall–Kier alpha value is -1.18. The molecule has 93 valence electrons. The van der Waals surface area contributed by atoms with Gasteiger partial charge in [0.1, 0.15) is 0 Å². The molecule has 0 aliphatic rings. The Morgan fingerprint density at radius 2 is 0.765 bits per heavy atom. The normalized spacial score (nSPS) is 4.53. The van der Waals surface area contributed by atoms with Crippen molar-refractivity contribution in [1.29, 1.82) is 0 Å². The van der Waals surface area contributed by atoms with E-state index in [2.05, 4.69) is 33.3 Å². The summed E-state index contributed by atoms with van der Waals surface area (Å²) in [6.45, 7) is 22.5. The van der Waals surface area contributed by atoms with Gasteiger partial charge in [-0.05, 0) is 0 Å². The molecule has 0 aliphatic carbocycles. The Morgan fingerprint density at radius 1 is 0.706 bits per heavy atom. The van der Waals surface area contributed by atoms with Gasteiger partial charge >= 0.3 is 56.5 Å². The maximum atomic E-state index is 10.4. The van der Waals surface area contributed by atoms with Crippen molar-refractivity contribution in [2.75, 3.05) is 0 Å². The van der Waals surface area contributed by atoms with Gasteiger partial charge in [0.25, 0.3) is 6.18 Å². The number of halogens is 3. The van der Waals surface area contributed by atoms with Crippen LogP contribution in [0.2, 0.25) is 0 Å². The molecule has 0 rings (SSSR count). The van der Waals surface area contributed by atoms with Gasteiger partial charge in [0.05, 0.1) is 0 Å². The molecule has 0 atom stereocenters. The first-order chi connectivity index (χ1) is 7.56. The largest absolute Gasteiger partial charge is 0 e. The summed E-state index contributed by atoms with van der Waals surface area (Å²) in [4.78, 5) is 8.58. The quantitative estimate of drug-likeness (QED) is 0.409. The third-order valence-corrected chi connectivity index (χ3v) is 0.116. The van der Waals surface area contributed by atoms with Crippen LogP contribution in [-0.4, -0.2) is 12.5 Å². The molecule has 0 unspecified atom stereocenters. The van der Waals surface area contributed by atoms with Gasteiger partial charge in [-0.25, -0.2) is 13.2 Å². The third kappa shape index (κ3) is 734. The summed E-state index contributed by atoms with van der Waals surface area (Å²) in [5.74, 6) is 0. The summed E-state index contributed by atoms with van der Waals surface area (Å²) >= 11 is 0. The number of hydrogen-bond donors (Lipinski definition) is 0. The topological polar surface area (TPSA) is 117 Å². The van der Waals surface area contributed by atoms with E-state index in [1.807, 2.05) is 0 Å². The molecule has 0 heterocycles. The molecule has 0 saturated heterocycles. The molecule has 17 heavy (non-hydrogen) atoms. The summed E-state index contributed by atoms with van der Waals surface area (Å²) in [6.07, 6.45) is -4.91. The Kier molecular flexibility index (Phi) is 219. The maximum Gasteiger partial charge on any atom is 0 e. The first-order valence-electron chi connectivity index (χ1n) is 2.04. The fourth-order valence-electron chi connectivity index (χ4n) is 0. The minimum atomic E-state index is -4.76. The van der Waals surface area contributed by atoms with E-state index in [0.29, 0.717) is 0 Å². The molecule has 0 aromatic rings. The van der Waals surface area contributed by atoms with E-state index >= 15 is 0 Å². The van der Waals surface area contributed by atoms with Crippen LogP contribution < -0.4 is 0 Å². The smallest absolute Gasteiger partial charge is 0 e. The predicted molar refractivity (Wildman–Crippen MR) is 31.4 cm³/mol. The van der Waals surface area contributed by atoms with Gasteiger partial charge < -0.3 is 4.79 Å². The van der Waals surface area contributed by atoms with Crippen LogP contribution in [0.4, 0.5) is 13.2 Å². The van der Waals surface area contributed by atoms with Crippen LogP contribution in [0.5, 0.6) is 0 Å². The zero-order valence-corrected chi connectivity index (χ0v) is 10.2. The summed E-state index contributed by atoms with van der Waals surface area (Å²) in [5.41, 5.74) is 0. The molecule has 0 aromatic heterocycles. The van der Waals surface area contributed by atoms with Crippen LogP contribution >= 0.6 is 0 Å². The van der Waals surface area contributed by atoms with Gasteiger partial charge in [0.15, 0.2) is 0 Å². The van der Waals surface area contributed by atoms with Gasteiger partial charge in [-0.3, -0.25) is 0 Å². The fourth-order valence-corrected chi connectivity index (χ4v) is 0. The Morgan fingerprint density at radius 3 is 0.765 bits per heavy atom. The van der Waals surface area contributed by atoms with Crippen LogP contribution in [0.25, 0.3) is 0 Å². The maximum absolute atomic E-state index is 10.4. The molecule has 6 nitrogen and oxygen atoms in total. The molecule has 0 bridgehead atoms. The van der Waals surface area contributed by atoms with Gasteiger partial charge in [0.2, 0.25) is 0 Å². The monoisotopic (exact) mass is 424 g/mol. The van der Waals surface area contributed by atoms with Crippen LogP contribution in [-0.2, 0) is 48.5 Å². The summed E-state index contributed by atoms with van der Waals surface area (Å²) in [5, 5.41) is 0. The molecule has 10 heteroatoms. The molecule has 0 saturated carbocycles. The van der Waals surface area contributed by atoms with Crippen molar-refractivity contribution in [3.8, 4) is 0 Å². The first-order valence-corrected chi connectivity index (χ1v) is 2.04. The zero-order valence-electron chi connectivity index (χ0n) is 7.46. The van der Waals surface area contributed by atoms with Crippen molar-refractivity contribution in [3.05, 3.63) is 33.3 Å². The average molecular weight is 423 g/mol. The van der Waals surface area contributed by atoms with Crippen LogP contribution in [0.1, 0.15) is 0 Å². The van der Waals surface area contributed by atoms with Gasteiger partial charge in [-0.2, -0.15) is 6.29 Å². The van der Waals surface area contributed by atoms with Crippen molar-refractivity contribution >= 4 is 6.29 Å². The van der Waals surface area contributed by atoms with Crippen LogP contribution in [0.15, 0.2) is 0 Å². The minimum Gasteiger partial charge on any atom is 0 e. The van der Waals surface area contributed by atoms with Crippen molar-refractivity contribution in [1.82, 2.24) is 0 Å². The van der Waals surface area contributed by atoms with Gasteiger partial charge in [-0.1, -0.05) is 0 Å². The van der Waals surface area contributed by atoms with Crippen LogP contribution in [0, 0.1) is 33.3 Å². The molecule has 0 fully saturated rings. The second-order valence-electron chi connectivity index (χ2n) is 0.600. The number of rotatable bonds is 0. The SMILES string of the molecule is O=[C-]C(F)(F)F.[C-]#[O+].[C-]#[O+].[C-]#[O+].[C-]#[O+].[C-]#[O+].[Re]. The Balaban J connectivity index is -0.0000000158. The minimum absolute atomic E-state index is 0. The predicted octanol–water partition coefficient (Wildman–Crippen LogP) is 0.468. The zero-order chi connectivity index (χ0) is 15.2. The molecule has 1 radical (unpaired) electrons. The van der Waals surface area contributed by atoms with Gasteiger partial charge in [-0.15, -0.1) is 0 Å². The van der Waals surface area contributed by atoms with Crippen molar-refractivity contribution in [2.45, 2.75) is 6.18 Å². The van der Waals surface area contributed by atoms with E-state index in [1.54, 1.807) is 0 Å². The van der Waals surface area contributed by atoms with Crippen molar-refractivity contribution < 1.29 is 61.6 Å². The van der Waals surface area contributed by atoms with E-state index < -0.39 is 6.18 Å². The second-order valence-corrected chi connectivity index (χ2v) is 0.600. The van der Waals surface area contributed by atoms with E-state index in [0.717, 1.165) is 0 Å². The molecule has 0 amide bonds. The second kappa shape index (κ2) is 83.5. The summed E-state index contributed by atoms with van der Waals surface area (Å²) < 4.78 is 68.6. The molecular weight excluding hydrogens is 423 g/mol. The fraction of sp³-hybridized carbons (Fsp3) is 0.143. The number of hydrogen-bond acceptors (Lipinski definition) is 1. The molecule has 0 N–H and O–H groups in total. The number of carbonyl (C=O) groups excluding carboxylic acids is 1. The standard InChI is InChI=1S/C2F3O.5CO.Re/c3-2(4,5)1-6;5*1-2;/q-1;;;;;;. The molecular formula is C7F3O6Re-. The van der Waals surface area contributed by atoms with E-state index in [1.165, 1.54) is 0 Å². The summed E-state index contributed by atoms with van der Waals surface area (Å²) in [7, 11) is 0. The molecule has 0 aliphatic heterocycles. The summed E-state index contributed by atoms with van der Waals surface area (Å²) in [6, 6.07) is 0. The van der Waals surface area contributed by atoms with E-state index in [-0.39, 0.29) is 26.7 Å². The third-order valence-electron chi connectivity index (χ3n) is 0.116. The van der Waals surface area contributed by atoms with E-state index in [9.17, 15) is 13.2 Å². The molecule has 0 aromatic carbocycles. The van der Waals surface area contributed by atoms with Crippen LogP contribution in [0.3, 0.4) is 0 Å². The first kappa shape index (κ1) is 44.7.